The van der Waals surface area contributed by atoms with Gasteiger partial charge in [0.15, 0.2) is 6.61 Å². The van der Waals surface area contributed by atoms with E-state index >= 15 is 0 Å². The molecule has 0 spiro atoms. The van der Waals surface area contributed by atoms with Crippen molar-refractivity contribution in [2.24, 2.45) is 0 Å². The first-order valence-electron chi connectivity index (χ1n) is 7.42. The molecule has 0 bridgehead atoms. The van der Waals surface area contributed by atoms with Crippen molar-refractivity contribution < 1.29 is 24.2 Å². The summed E-state index contributed by atoms with van der Waals surface area (Å²) in [7, 11) is 0. The van der Waals surface area contributed by atoms with Gasteiger partial charge in [0.2, 0.25) is 0 Å². The van der Waals surface area contributed by atoms with E-state index in [1.54, 1.807) is 54.6 Å². The summed E-state index contributed by atoms with van der Waals surface area (Å²) in [6.45, 7) is -0.433. The number of benzene rings is 2. The topological polar surface area (TPSA) is 83.9 Å². The summed E-state index contributed by atoms with van der Waals surface area (Å²) in [5.41, 5.74) is 1.10. The lowest BCUT2D eigenvalue weighted by atomic mass is 10.2. The van der Waals surface area contributed by atoms with Gasteiger partial charge < -0.3 is 9.84 Å². The lowest BCUT2D eigenvalue weighted by molar-refractivity contribution is -0.139. The van der Waals surface area contributed by atoms with Crippen LogP contribution in [0.5, 0.6) is 5.75 Å². The number of aliphatic carboxylic acids is 1. The monoisotopic (exact) mass is 389 g/mol. The fourth-order valence-corrected chi connectivity index (χ4v) is 3.29. The summed E-state index contributed by atoms with van der Waals surface area (Å²) < 4.78 is 5.05. The van der Waals surface area contributed by atoms with Crippen molar-refractivity contribution in [2.45, 2.75) is 0 Å². The van der Waals surface area contributed by atoms with Crippen LogP contribution in [-0.2, 0) is 9.59 Å². The summed E-state index contributed by atoms with van der Waals surface area (Å²) in [5.74, 6) is -1.09. The second-order valence-electron chi connectivity index (χ2n) is 5.25. The number of carboxylic acids is 1. The zero-order valence-electron chi connectivity index (χ0n) is 13.2. The van der Waals surface area contributed by atoms with E-state index in [4.69, 9.17) is 21.4 Å². The molecule has 0 radical (unpaired) electrons. The maximum atomic E-state index is 12.6. The van der Waals surface area contributed by atoms with Crippen LogP contribution in [0, 0.1) is 0 Å². The predicted molar refractivity (Wildman–Crippen MR) is 99.5 cm³/mol. The number of hydrogen-bond donors (Lipinski definition) is 1. The third kappa shape index (κ3) is 4.07. The number of carbonyl (C=O) groups excluding carboxylic acids is 2. The van der Waals surface area contributed by atoms with E-state index in [2.05, 4.69) is 0 Å². The second-order valence-corrected chi connectivity index (χ2v) is 6.68. The second kappa shape index (κ2) is 7.63. The number of nitrogens with zero attached hydrogens (tertiary/aromatic N) is 1. The Kier molecular flexibility index (Phi) is 5.29. The number of thioether (sulfide) groups is 1. The summed E-state index contributed by atoms with van der Waals surface area (Å²) in [5, 5.41) is 8.62. The SMILES string of the molecule is O=C(O)COc1ccc(/C=C2/SC(=O)N(c3cccc(Cl)c3)C2=O)cc1. The van der Waals surface area contributed by atoms with E-state index in [1.807, 2.05) is 0 Å². The molecule has 8 heteroatoms. The lowest BCUT2D eigenvalue weighted by Crippen LogP contribution is -2.27. The van der Waals surface area contributed by atoms with Crippen molar-refractivity contribution in [3.8, 4) is 5.75 Å². The number of carbonyl (C=O) groups is 3. The van der Waals surface area contributed by atoms with Crippen LogP contribution in [0.25, 0.3) is 6.08 Å². The molecule has 6 nitrogen and oxygen atoms in total. The van der Waals surface area contributed by atoms with Crippen molar-refractivity contribution in [1.82, 2.24) is 0 Å². The molecule has 3 rings (SSSR count). The number of ether oxygens (including phenoxy) is 1. The van der Waals surface area contributed by atoms with Gasteiger partial charge in [-0.15, -0.1) is 0 Å². The van der Waals surface area contributed by atoms with Gasteiger partial charge in [0.25, 0.3) is 11.1 Å². The number of anilines is 1. The van der Waals surface area contributed by atoms with Crippen molar-refractivity contribution in [3.05, 3.63) is 64.0 Å². The highest BCUT2D eigenvalue weighted by Gasteiger charge is 2.36. The lowest BCUT2D eigenvalue weighted by Gasteiger charge is -2.12. The Balaban J connectivity index is 1.78. The van der Waals surface area contributed by atoms with Gasteiger partial charge >= 0.3 is 5.97 Å². The molecular weight excluding hydrogens is 378 g/mol. The summed E-state index contributed by atoms with van der Waals surface area (Å²) in [6, 6.07) is 13.0. The minimum Gasteiger partial charge on any atom is -0.482 e. The van der Waals surface area contributed by atoms with Crippen molar-refractivity contribution >= 4 is 52.2 Å². The number of halogens is 1. The molecule has 1 N–H and O–H groups in total. The molecule has 0 saturated carbocycles. The largest absolute Gasteiger partial charge is 0.482 e. The summed E-state index contributed by atoms with van der Waals surface area (Å²) in [6.07, 6.45) is 1.59. The predicted octanol–water partition coefficient (Wildman–Crippen LogP) is 4.04. The van der Waals surface area contributed by atoms with Crippen LogP contribution < -0.4 is 9.64 Å². The number of carboxylic acid groups (broad SMARTS) is 1. The smallest absolute Gasteiger partial charge is 0.341 e. The standard InChI is InChI=1S/C18H12ClNO5S/c19-12-2-1-3-13(9-12)20-17(23)15(26-18(20)24)8-11-4-6-14(7-5-11)25-10-16(21)22/h1-9H,10H2,(H,21,22)/b15-8+. The first-order valence-corrected chi connectivity index (χ1v) is 8.61. The Morgan fingerprint density at radius 2 is 1.92 bits per heavy atom. The van der Waals surface area contributed by atoms with Crippen LogP contribution in [0.2, 0.25) is 5.02 Å². The highest BCUT2D eigenvalue weighted by molar-refractivity contribution is 8.19. The Hall–Kier alpha value is -2.77. The van der Waals surface area contributed by atoms with Gasteiger partial charge in [-0.1, -0.05) is 29.8 Å². The highest BCUT2D eigenvalue weighted by Crippen LogP contribution is 2.36. The fourth-order valence-electron chi connectivity index (χ4n) is 2.26. The molecular formula is C18H12ClNO5S. The first-order chi connectivity index (χ1) is 12.4. The number of hydrogen-bond acceptors (Lipinski definition) is 5. The van der Waals surface area contributed by atoms with Gasteiger partial charge in [0, 0.05) is 5.02 Å². The van der Waals surface area contributed by atoms with Crippen LogP contribution in [-0.4, -0.2) is 28.8 Å². The van der Waals surface area contributed by atoms with Crippen LogP contribution in [0.4, 0.5) is 10.5 Å². The molecule has 1 aliphatic heterocycles. The summed E-state index contributed by atoms with van der Waals surface area (Å²) in [4.78, 5) is 36.6. The van der Waals surface area contributed by atoms with Gasteiger partial charge in [0.1, 0.15) is 5.75 Å². The molecule has 2 aromatic carbocycles. The first kappa shape index (κ1) is 18.0. The zero-order valence-corrected chi connectivity index (χ0v) is 14.8. The van der Waals surface area contributed by atoms with Gasteiger partial charge in [-0.3, -0.25) is 9.59 Å². The van der Waals surface area contributed by atoms with Crippen molar-refractivity contribution in [2.75, 3.05) is 11.5 Å². The van der Waals surface area contributed by atoms with E-state index in [1.165, 1.54) is 0 Å². The molecule has 132 valence electrons. The molecule has 1 heterocycles. The molecule has 1 fully saturated rings. The number of imide groups is 1. The Bertz CT molecular complexity index is 910. The van der Waals surface area contributed by atoms with E-state index in [-0.39, 0.29) is 4.91 Å². The molecule has 1 saturated heterocycles. The normalized spacial score (nSPS) is 15.6. The quantitative estimate of drug-likeness (QED) is 0.777. The van der Waals surface area contributed by atoms with Gasteiger partial charge in [0.05, 0.1) is 10.6 Å². The van der Waals surface area contributed by atoms with Crippen molar-refractivity contribution in [3.63, 3.8) is 0 Å². The third-order valence-corrected chi connectivity index (χ3v) is 4.50. The molecule has 2 aromatic rings. The maximum absolute atomic E-state index is 12.6. The van der Waals surface area contributed by atoms with Gasteiger partial charge in [-0.25, -0.2) is 9.69 Å². The molecule has 26 heavy (non-hydrogen) atoms. The van der Waals surface area contributed by atoms with Crippen LogP contribution in [0.3, 0.4) is 0 Å². The Labute approximate surface area is 158 Å². The van der Waals surface area contributed by atoms with Gasteiger partial charge in [-0.2, -0.15) is 0 Å². The highest BCUT2D eigenvalue weighted by atomic mass is 35.5. The van der Waals surface area contributed by atoms with Gasteiger partial charge in [-0.05, 0) is 53.7 Å². The molecule has 1 aliphatic rings. The van der Waals surface area contributed by atoms with E-state index in [0.717, 1.165) is 16.7 Å². The third-order valence-electron chi connectivity index (χ3n) is 3.40. The number of amides is 2. The minimum absolute atomic E-state index is 0.286. The van der Waals surface area contributed by atoms with E-state index in [0.29, 0.717) is 22.0 Å². The average molecular weight is 390 g/mol. The maximum Gasteiger partial charge on any atom is 0.341 e. The van der Waals surface area contributed by atoms with Crippen LogP contribution in [0.1, 0.15) is 5.56 Å². The zero-order chi connectivity index (χ0) is 18.7. The minimum atomic E-state index is -1.07. The summed E-state index contributed by atoms with van der Waals surface area (Å²) >= 11 is 6.77. The fraction of sp³-hybridized carbons (Fsp3) is 0.0556. The molecule has 0 unspecified atom stereocenters. The number of rotatable bonds is 5. The Morgan fingerprint density at radius 3 is 2.58 bits per heavy atom. The average Bonchev–Trinajstić information content (AvgIpc) is 2.88. The molecule has 0 atom stereocenters. The molecule has 0 aliphatic carbocycles. The molecule has 2 amide bonds. The Morgan fingerprint density at radius 1 is 1.19 bits per heavy atom. The molecule has 0 aromatic heterocycles. The van der Waals surface area contributed by atoms with Crippen molar-refractivity contribution in [1.29, 1.82) is 0 Å². The van der Waals surface area contributed by atoms with E-state index in [9.17, 15) is 14.4 Å². The van der Waals surface area contributed by atoms with E-state index < -0.39 is 23.7 Å². The van der Waals surface area contributed by atoms with Crippen LogP contribution in [0.15, 0.2) is 53.4 Å². The van der Waals surface area contributed by atoms with Crippen LogP contribution >= 0.6 is 23.4 Å².